The summed E-state index contributed by atoms with van der Waals surface area (Å²) in [7, 11) is -3.69. The van der Waals surface area contributed by atoms with Crippen molar-refractivity contribution in [2.75, 3.05) is 0 Å². The van der Waals surface area contributed by atoms with Gasteiger partial charge in [-0.2, -0.15) is 0 Å². The van der Waals surface area contributed by atoms with Gasteiger partial charge in [-0.1, -0.05) is 6.07 Å². The molecule has 8 heteroatoms. The van der Waals surface area contributed by atoms with Crippen LogP contribution >= 0.6 is 0 Å². The summed E-state index contributed by atoms with van der Waals surface area (Å²) >= 11 is 0. The summed E-state index contributed by atoms with van der Waals surface area (Å²) in [4.78, 5) is 25.2. The molecule has 0 saturated heterocycles. The fourth-order valence-electron chi connectivity index (χ4n) is 2.07. The molecule has 2 aromatic rings. The van der Waals surface area contributed by atoms with E-state index >= 15 is 0 Å². The Morgan fingerprint density at radius 2 is 2.00 bits per heavy atom. The average Bonchev–Trinajstić information content (AvgIpc) is 3.21. The largest absolute Gasteiger partial charge is 0.478 e. The number of nitrogens with one attached hydrogen (secondary N) is 2. The molecule has 0 aliphatic heterocycles. The number of aromatic carboxylic acids is 1. The van der Waals surface area contributed by atoms with Crippen LogP contribution in [0.2, 0.25) is 0 Å². The summed E-state index contributed by atoms with van der Waals surface area (Å²) in [6.45, 7) is 0. The Morgan fingerprint density at radius 3 is 2.62 bits per heavy atom. The minimum absolute atomic E-state index is 0.0357. The first-order chi connectivity index (χ1) is 9.88. The van der Waals surface area contributed by atoms with E-state index in [0.717, 1.165) is 19.0 Å². The monoisotopic (exact) mass is 308 g/mol. The molecule has 7 nitrogen and oxygen atoms in total. The number of hydrogen-bond donors (Lipinski definition) is 3. The number of hydrogen-bond acceptors (Lipinski definition) is 4. The minimum Gasteiger partial charge on any atom is -0.478 e. The van der Waals surface area contributed by atoms with Gasteiger partial charge in [0, 0.05) is 23.0 Å². The van der Waals surface area contributed by atoms with Crippen LogP contribution in [0.3, 0.4) is 0 Å². The van der Waals surface area contributed by atoms with Crippen molar-refractivity contribution in [2.24, 2.45) is 0 Å². The number of carboxylic acids is 1. The summed E-state index contributed by atoms with van der Waals surface area (Å²) in [6, 6.07) is 3.80. The van der Waals surface area contributed by atoms with Crippen molar-refractivity contribution in [2.45, 2.75) is 23.8 Å². The Labute approximate surface area is 119 Å². The van der Waals surface area contributed by atoms with Gasteiger partial charge in [0.1, 0.15) is 0 Å². The Kier molecular flexibility index (Phi) is 3.07. The number of benzene rings is 1. The quantitative estimate of drug-likeness (QED) is 0.767. The van der Waals surface area contributed by atoms with E-state index in [4.69, 9.17) is 5.11 Å². The lowest BCUT2D eigenvalue weighted by atomic mass is 10.1. The van der Waals surface area contributed by atoms with Crippen LogP contribution in [0.5, 0.6) is 0 Å². The van der Waals surface area contributed by atoms with E-state index in [9.17, 15) is 18.0 Å². The van der Waals surface area contributed by atoms with Crippen molar-refractivity contribution in [1.29, 1.82) is 0 Å². The summed E-state index contributed by atoms with van der Waals surface area (Å²) in [6.07, 6.45) is 2.71. The van der Waals surface area contributed by atoms with Crippen molar-refractivity contribution in [3.05, 3.63) is 40.3 Å². The average molecular weight is 308 g/mol. The smallest absolute Gasteiger partial charge is 0.337 e. The summed E-state index contributed by atoms with van der Waals surface area (Å²) in [5.74, 6) is -1.19. The lowest BCUT2D eigenvalue weighted by Gasteiger charge is -2.07. The molecule has 1 saturated carbocycles. The second kappa shape index (κ2) is 4.68. The third-order valence-electron chi connectivity index (χ3n) is 3.31. The first-order valence-corrected chi connectivity index (χ1v) is 7.78. The molecule has 0 amide bonds. The number of H-pyrrole nitrogens is 1. The highest BCUT2D eigenvalue weighted by Gasteiger charge is 2.28. The van der Waals surface area contributed by atoms with Crippen LogP contribution in [0.1, 0.15) is 23.2 Å². The molecule has 0 unspecified atom stereocenters. The van der Waals surface area contributed by atoms with Gasteiger partial charge in [0.25, 0.3) is 5.56 Å². The number of aromatic nitrogens is 1. The number of carboxylic acid groups (broad SMARTS) is 1. The van der Waals surface area contributed by atoms with E-state index in [1.807, 2.05) is 0 Å². The number of pyridine rings is 1. The molecule has 1 aromatic heterocycles. The number of sulfonamides is 1. The van der Waals surface area contributed by atoms with Crippen molar-refractivity contribution in [1.82, 2.24) is 9.71 Å². The highest BCUT2D eigenvalue weighted by atomic mass is 32.2. The molecule has 110 valence electrons. The Balaban J connectivity index is 2.18. The lowest BCUT2D eigenvalue weighted by Crippen LogP contribution is -2.25. The maximum atomic E-state index is 12.1. The van der Waals surface area contributed by atoms with Crippen LogP contribution in [-0.4, -0.2) is 30.5 Å². The highest BCUT2D eigenvalue weighted by Crippen LogP contribution is 2.24. The van der Waals surface area contributed by atoms with E-state index < -0.39 is 21.6 Å². The number of carbonyl (C=O) groups is 1. The zero-order chi connectivity index (χ0) is 15.2. The van der Waals surface area contributed by atoms with E-state index in [2.05, 4.69) is 9.71 Å². The highest BCUT2D eigenvalue weighted by molar-refractivity contribution is 7.89. The van der Waals surface area contributed by atoms with Crippen molar-refractivity contribution in [3.8, 4) is 0 Å². The van der Waals surface area contributed by atoms with Gasteiger partial charge in [0.05, 0.1) is 10.5 Å². The fourth-order valence-corrected chi connectivity index (χ4v) is 3.40. The molecule has 1 heterocycles. The number of fused-ring (bicyclic) bond motifs is 1. The maximum absolute atomic E-state index is 12.1. The van der Waals surface area contributed by atoms with Gasteiger partial charge >= 0.3 is 5.97 Å². The Bertz CT molecular complexity index is 896. The standard InChI is InChI=1S/C13H12N2O5S/c16-12-10-5-8(21(19,20)15-7-1-2-7)3-4-9(10)11(6-14-12)13(17)18/h3-7,15H,1-2H2,(H,14,16)(H,17,18). The van der Waals surface area contributed by atoms with Crippen molar-refractivity contribution >= 4 is 26.8 Å². The molecule has 3 rings (SSSR count). The molecule has 0 radical (unpaired) electrons. The van der Waals surface area contributed by atoms with E-state index in [-0.39, 0.29) is 27.3 Å². The molecule has 1 aromatic carbocycles. The van der Waals surface area contributed by atoms with Crippen molar-refractivity contribution < 1.29 is 18.3 Å². The SMILES string of the molecule is O=C(O)c1c[nH]c(=O)c2cc(S(=O)(=O)NC3CC3)ccc12. The summed E-state index contributed by atoms with van der Waals surface area (Å²) in [5.41, 5.74) is -0.609. The molecule has 0 atom stereocenters. The van der Waals surface area contributed by atoms with Gasteiger partial charge in [-0.25, -0.2) is 17.9 Å². The molecule has 3 N–H and O–H groups in total. The van der Waals surface area contributed by atoms with Gasteiger partial charge in [0.2, 0.25) is 10.0 Å². The molecular weight excluding hydrogens is 296 g/mol. The Hall–Kier alpha value is -2.19. The normalized spacial score (nSPS) is 15.2. The molecule has 1 aliphatic rings. The van der Waals surface area contributed by atoms with E-state index in [1.165, 1.54) is 18.2 Å². The van der Waals surface area contributed by atoms with E-state index in [1.54, 1.807) is 0 Å². The van der Waals surface area contributed by atoms with Gasteiger partial charge in [0.15, 0.2) is 0 Å². The molecular formula is C13H12N2O5S. The predicted molar refractivity (Wildman–Crippen MR) is 74.9 cm³/mol. The number of rotatable bonds is 4. The lowest BCUT2D eigenvalue weighted by molar-refractivity contribution is 0.0698. The van der Waals surface area contributed by atoms with Crippen LogP contribution in [0, 0.1) is 0 Å². The second-order valence-electron chi connectivity index (χ2n) is 4.94. The molecule has 0 bridgehead atoms. The predicted octanol–water partition coefficient (Wildman–Crippen LogP) is 0.667. The zero-order valence-electron chi connectivity index (χ0n) is 10.8. The van der Waals surface area contributed by atoms with Crippen LogP contribution in [0.4, 0.5) is 0 Å². The second-order valence-corrected chi connectivity index (χ2v) is 6.65. The summed E-state index contributed by atoms with van der Waals surface area (Å²) < 4.78 is 26.7. The topological polar surface area (TPSA) is 116 Å². The van der Waals surface area contributed by atoms with Crippen LogP contribution in [0.25, 0.3) is 10.8 Å². The molecule has 0 spiro atoms. The number of aromatic amines is 1. The molecule has 21 heavy (non-hydrogen) atoms. The van der Waals surface area contributed by atoms with E-state index in [0.29, 0.717) is 0 Å². The summed E-state index contributed by atoms with van der Waals surface area (Å²) in [5, 5.41) is 9.32. The van der Waals surface area contributed by atoms with Crippen LogP contribution in [-0.2, 0) is 10.0 Å². The zero-order valence-corrected chi connectivity index (χ0v) is 11.6. The third kappa shape index (κ3) is 2.55. The van der Waals surface area contributed by atoms with Gasteiger partial charge in [-0.3, -0.25) is 4.79 Å². The van der Waals surface area contributed by atoms with Crippen LogP contribution < -0.4 is 10.3 Å². The third-order valence-corrected chi connectivity index (χ3v) is 4.83. The molecule has 1 fully saturated rings. The van der Waals surface area contributed by atoms with Gasteiger partial charge in [-0.15, -0.1) is 0 Å². The van der Waals surface area contributed by atoms with Gasteiger partial charge in [-0.05, 0) is 25.0 Å². The molecule has 1 aliphatic carbocycles. The fraction of sp³-hybridized carbons (Fsp3) is 0.231. The first-order valence-electron chi connectivity index (χ1n) is 6.29. The first kappa shape index (κ1) is 13.8. The minimum atomic E-state index is -3.69. The Morgan fingerprint density at radius 1 is 1.29 bits per heavy atom. The van der Waals surface area contributed by atoms with Gasteiger partial charge < -0.3 is 10.1 Å². The van der Waals surface area contributed by atoms with Crippen molar-refractivity contribution in [3.63, 3.8) is 0 Å². The maximum Gasteiger partial charge on any atom is 0.337 e. The van der Waals surface area contributed by atoms with Crippen LogP contribution in [0.15, 0.2) is 34.1 Å².